The SMILES string of the molecule is COc1ccc([N+](=O)[O-])cc1NC(=O)C(C)OC(=O)C1=NNC(=O)CC1. The number of benzene rings is 1. The summed E-state index contributed by atoms with van der Waals surface area (Å²) in [7, 11) is 1.34. The average molecular weight is 364 g/mol. The summed E-state index contributed by atoms with van der Waals surface area (Å²) < 4.78 is 10.0. The van der Waals surface area contributed by atoms with E-state index in [9.17, 15) is 24.5 Å². The van der Waals surface area contributed by atoms with Gasteiger partial charge in [-0.15, -0.1) is 0 Å². The second-order valence-corrected chi connectivity index (χ2v) is 5.27. The normalized spacial score (nSPS) is 14.5. The van der Waals surface area contributed by atoms with Crippen LogP contribution in [0.3, 0.4) is 0 Å². The van der Waals surface area contributed by atoms with Gasteiger partial charge in [-0.3, -0.25) is 19.7 Å². The van der Waals surface area contributed by atoms with Gasteiger partial charge in [0, 0.05) is 25.0 Å². The van der Waals surface area contributed by atoms with Crippen LogP contribution < -0.4 is 15.5 Å². The van der Waals surface area contributed by atoms with Gasteiger partial charge in [0.1, 0.15) is 11.5 Å². The van der Waals surface area contributed by atoms with Gasteiger partial charge >= 0.3 is 5.97 Å². The number of carbonyl (C=O) groups is 3. The summed E-state index contributed by atoms with van der Waals surface area (Å²) in [6.45, 7) is 1.33. The van der Waals surface area contributed by atoms with Crippen LogP contribution in [0.1, 0.15) is 19.8 Å². The van der Waals surface area contributed by atoms with E-state index in [-0.39, 0.29) is 41.6 Å². The molecule has 11 heteroatoms. The fourth-order valence-electron chi connectivity index (χ4n) is 2.04. The Balaban J connectivity index is 2.05. The van der Waals surface area contributed by atoms with Gasteiger partial charge in [-0.2, -0.15) is 5.10 Å². The molecule has 1 aliphatic rings. The van der Waals surface area contributed by atoms with E-state index in [4.69, 9.17) is 9.47 Å². The zero-order valence-corrected chi connectivity index (χ0v) is 14.0. The quantitative estimate of drug-likeness (QED) is 0.429. The summed E-state index contributed by atoms with van der Waals surface area (Å²) in [5, 5.41) is 16.9. The third kappa shape index (κ3) is 4.53. The van der Waals surface area contributed by atoms with E-state index in [0.717, 1.165) is 6.07 Å². The number of nitrogens with zero attached hydrogens (tertiary/aromatic N) is 2. The molecule has 138 valence electrons. The molecule has 1 heterocycles. The Morgan fingerprint density at radius 3 is 2.69 bits per heavy atom. The van der Waals surface area contributed by atoms with E-state index in [0.29, 0.717) is 0 Å². The van der Waals surface area contributed by atoms with Crippen LogP contribution in [-0.2, 0) is 19.1 Å². The highest BCUT2D eigenvalue weighted by Gasteiger charge is 2.25. The Bertz CT molecular complexity index is 790. The molecular weight excluding hydrogens is 348 g/mol. The summed E-state index contributed by atoms with van der Waals surface area (Å²) in [5.74, 6) is -1.65. The molecule has 11 nitrogen and oxygen atoms in total. The summed E-state index contributed by atoms with van der Waals surface area (Å²) in [6.07, 6.45) is -0.997. The summed E-state index contributed by atoms with van der Waals surface area (Å²) in [4.78, 5) is 45.4. The van der Waals surface area contributed by atoms with Crippen molar-refractivity contribution in [2.24, 2.45) is 5.10 Å². The van der Waals surface area contributed by atoms with Crippen LogP contribution in [0.5, 0.6) is 5.75 Å². The molecule has 2 amide bonds. The van der Waals surface area contributed by atoms with Crippen molar-refractivity contribution >= 4 is 34.9 Å². The van der Waals surface area contributed by atoms with Crippen molar-refractivity contribution in [1.29, 1.82) is 0 Å². The van der Waals surface area contributed by atoms with Crippen molar-refractivity contribution in [2.75, 3.05) is 12.4 Å². The monoisotopic (exact) mass is 364 g/mol. The number of nitro benzene ring substituents is 1. The first-order valence-corrected chi connectivity index (χ1v) is 7.51. The molecule has 26 heavy (non-hydrogen) atoms. The highest BCUT2D eigenvalue weighted by atomic mass is 16.6. The molecule has 1 aromatic rings. The number of hydrazone groups is 1. The number of anilines is 1. The second-order valence-electron chi connectivity index (χ2n) is 5.27. The zero-order chi connectivity index (χ0) is 19.3. The molecule has 0 fully saturated rings. The number of nitrogens with one attached hydrogen (secondary N) is 2. The number of non-ortho nitro benzene ring substituents is 1. The summed E-state index contributed by atoms with van der Waals surface area (Å²) >= 11 is 0. The Labute approximate surface area is 147 Å². The Hall–Kier alpha value is -3.50. The number of rotatable bonds is 6. The third-order valence-corrected chi connectivity index (χ3v) is 3.44. The van der Waals surface area contributed by atoms with Crippen LogP contribution in [-0.4, -0.2) is 41.6 Å². The van der Waals surface area contributed by atoms with E-state index in [2.05, 4.69) is 15.8 Å². The molecule has 0 radical (unpaired) electrons. The van der Waals surface area contributed by atoms with Crippen molar-refractivity contribution in [3.8, 4) is 5.75 Å². The molecule has 1 aromatic carbocycles. The minimum atomic E-state index is -1.20. The van der Waals surface area contributed by atoms with E-state index < -0.39 is 22.9 Å². The number of hydrogen-bond acceptors (Lipinski definition) is 8. The lowest BCUT2D eigenvalue weighted by Crippen LogP contribution is -2.35. The van der Waals surface area contributed by atoms with Gasteiger partial charge in [0.05, 0.1) is 17.7 Å². The fourth-order valence-corrected chi connectivity index (χ4v) is 2.04. The van der Waals surface area contributed by atoms with Crippen molar-refractivity contribution in [3.05, 3.63) is 28.3 Å². The molecule has 2 N–H and O–H groups in total. The van der Waals surface area contributed by atoms with Gasteiger partial charge in [-0.1, -0.05) is 0 Å². The van der Waals surface area contributed by atoms with Gasteiger partial charge < -0.3 is 14.8 Å². The average Bonchev–Trinajstić information content (AvgIpc) is 2.61. The Morgan fingerprint density at radius 2 is 2.12 bits per heavy atom. The maximum atomic E-state index is 12.2. The smallest absolute Gasteiger partial charge is 0.355 e. The van der Waals surface area contributed by atoms with Crippen molar-refractivity contribution in [3.63, 3.8) is 0 Å². The van der Waals surface area contributed by atoms with Gasteiger partial charge in [0.15, 0.2) is 6.10 Å². The Kier molecular flexibility index (Phi) is 5.83. The predicted octanol–water partition coefficient (Wildman–Crippen LogP) is 0.740. The zero-order valence-electron chi connectivity index (χ0n) is 14.0. The number of esters is 1. The molecule has 0 saturated carbocycles. The van der Waals surface area contributed by atoms with Gasteiger partial charge in [-0.05, 0) is 13.0 Å². The molecule has 0 aliphatic carbocycles. The lowest BCUT2D eigenvalue weighted by molar-refractivity contribution is -0.384. The molecule has 2 rings (SSSR count). The van der Waals surface area contributed by atoms with Crippen LogP contribution >= 0.6 is 0 Å². The molecule has 0 aromatic heterocycles. The molecule has 1 aliphatic heterocycles. The molecule has 1 atom stereocenters. The first-order chi connectivity index (χ1) is 12.3. The van der Waals surface area contributed by atoms with Crippen molar-refractivity contribution in [1.82, 2.24) is 5.43 Å². The van der Waals surface area contributed by atoms with Gasteiger partial charge in [0.2, 0.25) is 5.91 Å². The number of ether oxygens (including phenoxy) is 2. The molecule has 0 saturated heterocycles. The van der Waals surface area contributed by atoms with Crippen LogP contribution in [0.25, 0.3) is 0 Å². The third-order valence-electron chi connectivity index (χ3n) is 3.44. The first kappa shape index (κ1) is 18.8. The van der Waals surface area contributed by atoms with E-state index in [1.807, 2.05) is 0 Å². The minimum Gasteiger partial charge on any atom is -0.495 e. The second kappa shape index (κ2) is 8.05. The highest BCUT2D eigenvalue weighted by Crippen LogP contribution is 2.29. The number of methoxy groups -OCH3 is 1. The maximum absolute atomic E-state index is 12.2. The van der Waals surface area contributed by atoms with Crippen LogP contribution in [0.2, 0.25) is 0 Å². The van der Waals surface area contributed by atoms with E-state index in [1.54, 1.807) is 0 Å². The van der Waals surface area contributed by atoms with Gasteiger partial charge in [-0.25, -0.2) is 10.2 Å². The topological polar surface area (TPSA) is 149 Å². The maximum Gasteiger partial charge on any atom is 0.355 e. The largest absolute Gasteiger partial charge is 0.495 e. The predicted molar refractivity (Wildman–Crippen MR) is 88.6 cm³/mol. The van der Waals surface area contributed by atoms with Crippen LogP contribution in [0.15, 0.2) is 23.3 Å². The number of hydrogen-bond donors (Lipinski definition) is 2. The molecule has 0 bridgehead atoms. The van der Waals surface area contributed by atoms with Crippen molar-refractivity contribution < 1.29 is 28.8 Å². The first-order valence-electron chi connectivity index (χ1n) is 7.51. The summed E-state index contributed by atoms with van der Waals surface area (Å²) in [6, 6.07) is 3.70. The van der Waals surface area contributed by atoms with E-state index in [1.165, 1.54) is 26.2 Å². The number of carbonyl (C=O) groups excluding carboxylic acids is 3. The van der Waals surface area contributed by atoms with Crippen LogP contribution in [0.4, 0.5) is 11.4 Å². The Morgan fingerprint density at radius 1 is 1.38 bits per heavy atom. The fraction of sp³-hybridized carbons (Fsp3) is 0.333. The number of amides is 2. The van der Waals surface area contributed by atoms with Gasteiger partial charge in [0.25, 0.3) is 11.6 Å². The minimum absolute atomic E-state index is 0.00261. The lowest BCUT2D eigenvalue weighted by Gasteiger charge is -2.16. The summed E-state index contributed by atoms with van der Waals surface area (Å²) in [5.41, 5.74) is 1.98. The molecular formula is C15H16N4O7. The highest BCUT2D eigenvalue weighted by molar-refractivity contribution is 6.37. The number of nitro groups is 1. The molecule has 0 spiro atoms. The standard InChI is InChI=1S/C15H16N4O7/c1-8(26-15(22)10-4-6-13(20)18-17-10)14(21)16-11-7-9(19(23)24)3-5-12(11)25-2/h3,5,7-8H,4,6H2,1-2H3,(H,16,21)(H,18,20). The van der Waals surface area contributed by atoms with Crippen molar-refractivity contribution in [2.45, 2.75) is 25.9 Å². The lowest BCUT2D eigenvalue weighted by atomic mass is 10.2. The van der Waals surface area contributed by atoms with Crippen LogP contribution in [0, 0.1) is 10.1 Å². The van der Waals surface area contributed by atoms with E-state index >= 15 is 0 Å². The molecule has 1 unspecified atom stereocenters.